The van der Waals surface area contributed by atoms with E-state index in [1.807, 2.05) is 30.9 Å². The van der Waals surface area contributed by atoms with Crippen molar-refractivity contribution in [2.24, 2.45) is 0 Å². The monoisotopic (exact) mass is 205 g/mol. The number of imidazole rings is 1. The molecule has 80 valence electrons. The minimum Gasteiger partial charge on any atom is -0.372 e. The van der Waals surface area contributed by atoms with Gasteiger partial charge in [0.15, 0.2) is 11.5 Å². The third-order valence-electron chi connectivity index (χ3n) is 2.45. The van der Waals surface area contributed by atoms with Crippen molar-refractivity contribution in [3.05, 3.63) is 18.6 Å². The Morgan fingerprint density at radius 2 is 2.33 bits per heavy atom. The minimum absolute atomic E-state index is 0.843. The van der Waals surface area contributed by atoms with Gasteiger partial charge in [0.2, 0.25) is 0 Å². The molecule has 0 aliphatic rings. The summed E-state index contributed by atoms with van der Waals surface area (Å²) in [6.45, 7) is 3.00. The van der Waals surface area contributed by atoms with E-state index in [1.165, 1.54) is 0 Å². The molecule has 0 radical (unpaired) electrons. The zero-order valence-electron chi connectivity index (χ0n) is 9.23. The van der Waals surface area contributed by atoms with E-state index in [9.17, 15) is 0 Å². The van der Waals surface area contributed by atoms with Crippen molar-refractivity contribution in [2.75, 3.05) is 30.9 Å². The molecule has 0 fully saturated rings. The smallest absolute Gasteiger partial charge is 0.180 e. The van der Waals surface area contributed by atoms with Gasteiger partial charge in [0.1, 0.15) is 5.82 Å². The van der Waals surface area contributed by atoms with Gasteiger partial charge in [-0.3, -0.25) is 0 Å². The lowest BCUT2D eigenvalue weighted by Gasteiger charge is -2.17. The summed E-state index contributed by atoms with van der Waals surface area (Å²) in [7, 11) is 3.87. The summed E-state index contributed by atoms with van der Waals surface area (Å²) in [6, 6.07) is 0. The van der Waals surface area contributed by atoms with E-state index < -0.39 is 0 Å². The summed E-state index contributed by atoms with van der Waals surface area (Å²) in [5.41, 5.74) is 0.887. The van der Waals surface area contributed by atoms with Crippen molar-refractivity contribution in [3.63, 3.8) is 0 Å². The standard InChI is InChI=1S/C10H15N5/c1-4-14(3)10-9-12-5-6-15(9)7-8(11-2)13-10/h5-7,11H,4H2,1-3H3. The molecule has 2 aromatic rings. The van der Waals surface area contributed by atoms with E-state index in [0.717, 1.165) is 23.8 Å². The Balaban J connectivity index is 2.63. The summed E-state index contributed by atoms with van der Waals surface area (Å²) in [6.07, 6.45) is 5.63. The summed E-state index contributed by atoms with van der Waals surface area (Å²) < 4.78 is 1.97. The molecule has 0 saturated heterocycles. The third-order valence-corrected chi connectivity index (χ3v) is 2.45. The average molecular weight is 205 g/mol. The fourth-order valence-corrected chi connectivity index (χ4v) is 1.44. The van der Waals surface area contributed by atoms with E-state index in [2.05, 4.69) is 27.1 Å². The molecule has 5 nitrogen and oxygen atoms in total. The molecule has 2 rings (SSSR count). The SMILES string of the molecule is CCN(C)c1nc(NC)cn2ccnc12. The van der Waals surface area contributed by atoms with Gasteiger partial charge in [-0.05, 0) is 6.92 Å². The highest BCUT2D eigenvalue weighted by molar-refractivity contribution is 5.66. The van der Waals surface area contributed by atoms with Crippen LogP contribution in [0.2, 0.25) is 0 Å². The van der Waals surface area contributed by atoms with Crippen LogP contribution in [0.25, 0.3) is 5.65 Å². The highest BCUT2D eigenvalue weighted by atomic mass is 15.2. The van der Waals surface area contributed by atoms with Crippen LogP contribution in [0.1, 0.15) is 6.92 Å². The molecule has 0 aliphatic carbocycles. The van der Waals surface area contributed by atoms with Gasteiger partial charge in [0.25, 0.3) is 0 Å². The number of nitrogens with one attached hydrogen (secondary N) is 1. The maximum atomic E-state index is 4.49. The molecule has 2 aromatic heterocycles. The first-order valence-corrected chi connectivity index (χ1v) is 4.99. The molecule has 0 aliphatic heterocycles. The predicted octanol–water partition coefficient (Wildman–Crippen LogP) is 1.23. The van der Waals surface area contributed by atoms with Gasteiger partial charge in [-0.1, -0.05) is 0 Å². The number of hydrogen-bond donors (Lipinski definition) is 1. The van der Waals surface area contributed by atoms with Crippen LogP contribution in [-0.4, -0.2) is 35.0 Å². The third kappa shape index (κ3) is 1.60. The summed E-state index contributed by atoms with van der Waals surface area (Å²) in [4.78, 5) is 10.9. The lowest BCUT2D eigenvalue weighted by molar-refractivity contribution is 0.930. The van der Waals surface area contributed by atoms with Crippen LogP contribution in [0.3, 0.4) is 0 Å². The van der Waals surface area contributed by atoms with Crippen LogP contribution in [0.5, 0.6) is 0 Å². The number of aromatic nitrogens is 3. The summed E-state index contributed by atoms with van der Waals surface area (Å²) in [5.74, 6) is 1.74. The van der Waals surface area contributed by atoms with Crippen molar-refractivity contribution < 1.29 is 0 Å². The Kier molecular flexibility index (Phi) is 2.45. The second-order valence-corrected chi connectivity index (χ2v) is 3.37. The fraction of sp³-hybridized carbons (Fsp3) is 0.400. The molecule has 2 heterocycles. The van der Waals surface area contributed by atoms with Gasteiger partial charge < -0.3 is 14.6 Å². The van der Waals surface area contributed by atoms with Crippen LogP contribution < -0.4 is 10.2 Å². The van der Waals surface area contributed by atoms with Crippen molar-refractivity contribution in [1.29, 1.82) is 0 Å². The molecule has 0 saturated carbocycles. The Morgan fingerprint density at radius 1 is 1.53 bits per heavy atom. The van der Waals surface area contributed by atoms with Gasteiger partial charge in [-0.15, -0.1) is 0 Å². The first-order chi connectivity index (χ1) is 7.26. The fourth-order valence-electron chi connectivity index (χ4n) is 1.44. The lowest BCUT2D eigenvalue weighted by atomic mass is 10.5. The van der Waals surface area contributed by atoms with Crippen LogP contribution in [0, 0.1) is 0 Å². The molecule has 1 N–H and O–H groups in total. The average Bonchev–Trinajstić information content (AvgIpc) is 2.74. The molecular formula is C10H15N5. The topological polar surface area (TPSA) is 45.5 Å². The quantitative estimate of drug-likeness (QED) is 0.818. The minimum atomic E-state index is 0.843. The predicted molar refractivity (Wildman–Crippen MR) is 61.5 cm³/mol. The number of rotatable bonds is 3. The van der Waals surface area contributed by atoms with Gasteiger partial charge in [0.05, 0.1) is 6.20 Å². The summed E-state index contributed by atoms with van der Waals surface area (Å²) >= 11 is 0. The van der Waals surface area contributed by atoms with Crippen molar-refractivity contribution in [3.8, 4) is 0 Å². The largest absolute Gasteiger partial charge is 0.372 e. The zero-order valence-corrected chi connectivity index (χ0v) is 9.23. The molecular weight excluding hydrogens is 190 g/mol. The Morgan fingerprint density at radius 3 is 3.00 bits per heavy atom. The van der Waals surface area contributed by atoms with Gasteiger partial charge >= 0.3 is 0 Å². The number of hydrogen-bond acceptors (Lipinski definition) is 4. The Hall–Kier alpha value is -1.78. The van der Waals surface area contributed by atoms with E-state index in [4.69, 9.17) is 0 Å². The highest BCUT2D eigenvalue weighted by Gasteiger charge is 2.09. The summed E-state index contributed by atoms with van der Waals surface area (Å²) in [5, 5.41) is 3.04. The van der Waals surface area contributed by atoms with E-state index in [1.54, 1.807) is 6.20 Å². The van der Waals surface area contributed by atoms with Gasteiger partial charge in [0, 0.05) is 33.0 Å². The van der Waals surface area contributed by atoms with Crippen LogP contribution in [0.4, 0.5) is 11.6 Å². The molecule has 0 bridgehead atoms. The van der Waals surface area contributed by atoms with E-state index in [-0.39, 0.29) is 0 Å². The van der Waals surface area contributed by atoms with Crippen molar-refractivity contribution >= 4 is 17.3 Å². The molecule has 0 aromatic carbocycles. The molecule has 0 unspecified atom stereocenters. The first-order valence-electron chi connectivity index (χ1n) is 4.99. The maximum absolute atomic E-state index is 4.49. The van der Waals surface area contributed by atoms with E-state index in [0.29, 0.717) is 0 Å². The maximum Gasteiger partial charge on any atom is 0.180 e. The normalized spacial score (nSPS) is 10.6. The van der Waals surface area contributed by atoms with Gasteiger partial charge in [-0.2, -0.15) is 0 Å². The highest BCUT2D eigenvalue weighted by Crippen LogP contribution is 2.18. The molecule has 5 heteroatoms. The Bertz CT molecular complexity index is 462. The van der Waals surface area contributed by atoms with Crippen LogP contribution in [0.15, 0.2) is 18.6 Å². The second kappa shape index (κ2) is 3.76. The number of fused-ring (bicyclic) bond motifs is 1. The van der Waals surface area contributed by atoms with Crippen LogP contribution in [-0.2, 0) is 0 Å². The molecule has 15 heavy (non-hydrogen) atoms. The molecule has 0 atom stereocenters. The van der Waals surface area contributed by atoms with Crippen LogP contribution >= 0.6 is 0 Å². The number of nitrogens with zero attached hydrogens (tertiary/aromatic N) is 4. The van der Waals surface area contributed by atoms with Crippen molar-refractivity contribution in [2.45, 2.75) is 6.92 Å². The van der Waals surface area contributed by atoms with Crippen molar-refractivity contribution in [1.82, 2.24) is 14.4 Å². The zero-order chi connectivity index (χ0) is 10.8. The second-order valence-electron chi connectivity index (χ2n) is 3.37. The Labute approximate surface area is 88.8 Å². The molecule has 0 spiro atoms. The number of anilines is 2. The molecule has 0 amide bonds. The van der Waals surface area contributed by atoms with E-state index >= 15 is 0 Å². The lowest BCUT2D eigenvalue weighted by Crippen LogP contribution is -2.19. The van der Waals surface area contributed by atoms with Gasteiger partial charge in [-0.25, -0.2) is 9.97 Å². The first kappa shape index (κ1) is 9.76.